The van der Waals surface area contributed by atoms with Crippen LogP contribution in [0.1, 0.15) is 43.7 Å². The van der Waals surface area contributed by atoms with Crippen LogP contribution in [0.25, 0.3) is 0 Å². The molecule has 0 atom stereocenters. The zero-order valence-electron chi connectivity index (χ0n) is 18.1. The molecule has 0 spiro atoms. The molecular formula is C22H30N4O3S. The molecule has 30 heavy (non-hydrogen) atoms. The van der Waals surface area contributed by atoms with Crippen LogP contribution in [0.4, 0.5) is 5.13 Å². The minimum absolute atomic E-state index is 0.0137. The van der Waals surface area contributed by atoms with Crippen molar-refractivity contribution in [1.29, 1.82) is 0 Å². The lowest BCUT2D eigenvalue weighted by atomic mass is 10.1. The largest absolute Gasteiger partial charge is 0.343 e. The van der Waals surface area contributed by atoms with Crippen LogP contribution >= 0.6 is 11.3 Å². The van der Waals surface area contributed by atoms with Gasteiger partial charge in [-0.25, -0.2) is 4.98 Å². The second-order valence-electron chi connectivity index (χ2n) is 7.38. The topological polar surface area (TPSA) is 82.6 Å². The molecule has 0 bridgehead atoms. The second-order valence-corrected chi connectivity index (χ2v) is 8.24. The first kappa shape index (κ1) is 23.5. The predicted molar refractivity (Wildman–Crippen MR) is 120 cm³/mol. The minimum Gasteiger partial charge on any atom is -0.343 e. The van der Waals surface area contributed by atoms with Crippen LogP contribution in [-0.2, 0) is 16.0 Å². The Morgan fingerprint density at radius 2 is 1.73 bits per heavy atom. The fourth-order valence-electron chi connectivity index (χ4n) is 3.04. The molecule has 0 aliphatic heterocycles. The Balaban J connectivity index is 1.99. The second kappa shape index (κ2) is 11.4. The third-order valence-corrected chi connectivity index (χ3v) is 5.28. The average molecular weight is 431 g/mol. The summed E-state index contributed by atoms with van der Waals surface area (Å²) in [7, 11) is 0. The molecule has 2 rings (SSSR count). The van der Waals surface area contributed by atoms with E-state index in [1.807, 2.05) is 33.8 Å². The Labute approximate surface area is 182 Å². The summed E-state index contributed by atoms with van der Waals surface area (Å²) in [5, 5.41) is 4.96. The molecule has 1 aromatic heterocycles. The van der Waals surface area contributed by atoms with Crippen molar-refractivity contribution >= 4 is 34.2 Å². The fraction of sp³-hybridized carbons (Fsp3) is 0.455. The summed E-state index contributed by atoms with van der Waals surface area (Å²) < 4.78 is 0. The average Bonchev–Trinajstić information content (AvgIpc) is 3.14. The van der Waals surface area contributed by atoms with Gasteiger partial charge in [-0.05, 0) is 31.9 Å². The molecule has 162 valence electrons. The van der Waals surface area contributed by atoms with Crippen molar-refractivity contribution in [3.05, 3.63) is 47.0 Å². The Kier molecular flexibility index (Phi) is 8.98. The summed E-state index contributed by atoms with van der Waals surface area (Å²) >= 11 is 1.28. The highest BCUT2D eigenvalue weighted by molar-refractivity contribution is 7.13. The van der Waals surface area contributed by atoms with Gasteiger partial charge in [0, 0.05) is 30.6 Å². The van der Waals surface area contributed by atoms with Crippen LogP contribution in [0.15, 0.2) is 35.7 Å². The van der Waals surface area contributed by atoms with Gasteiger partial charge in [-0.2, -0.15) is 0 Å². The molecule has 0 aliphatic carbocycles. The van der Waals surface area contributed by atoms with E-state index in [4.69, 9.17) is 0 Å². The van der Waals surface area contributed by atoms with E-state index in [0.717, 1.165) is 0 Å². The highest BCUT2D eigenvalue weighted by atomic mass is 32.1. The molecule has 1 N–H and O–H groups in total. The standard InChI is InChI=1S/C22H30N4O3S/c1-5-25(6-2)20(28)12-18-15-30-22(23-18)24-19(27)14-26(13-16(3)4)21(29)17-10-8-7-9-11-17/h7-11,15-16H,5-6,12-14H2,1-4H3,(H,23,24,27). The number of amides is 3. The number of nitrogens with zero attached hydrogens (tertiary/aromatic N) is 3. The van der Waals surface area contributed by atoms with E-state index in [0.29, 0.717) is 36.0 Å². The molecule has 3 amide bonds. The van der Waals surface area contributed by atoms with Gasteiger partial charge in [0.1, 0.15) is 6.54 Å². The molecule has 1 aromatic carbocycles. The molecular weight excluding hydrogens is 400 g/mol. The highest BCUT2D eigenvalue weighted by Crippen LogP contribution is 2.17. The SMILES string of the molecule is CCN(CC)C(=O)Cc1csc(NC(=O)CN(CC(C)C)C(=O)c2ccccc2)n1. The third kappa shape index (κ3) is 6.95. The van der Waals surface area contributed by atoms with Crippen LogP contribution in [0.3, 0.4) is 0 Å². The van der Waals surface area contributed by atoms with E-state index in [2.05, 4.69) is 10.3 Å². The molecule has 0 unspecified atom stereocenters. The minimum atomic E-state index is -0.309. The molecule has 1 heterocycles. The molecule has 8 heteroatoms. The van der Waals surface area contributed by atoms with E-state index < -0.39 is 0 Å². The summed E-state index contributed by atoms with van der Waals surface area (Å²) in [6, 6.07) is 8.94. The van der Waals surface area contributed by atoms with Crippen LogP contribution in [-0.4, -0.2) is 58.7 Å². The first-order valence-corrected chi connectivity index (χ1v) is 11.1. The lowest BCUT2D eigenvalue weighted by Crippen LogP contribution is -2.40. The zero-order chi connectivity index (χ0) is 22.1. The zero-order valence-corrected chi connectivity index (χ0v) is 18.9. The van der Waals surface area contributed by atoms with Crippen molar-refractivity contribution in [2.24, 2.45) is 5.92 Å². The lowest BCUT2D eigenvalue weighted by molar-refractivity contribution is -0.130. The van der Waals surface area contributed by atoms with Crippen molar-refractivity contribution in [3.8, 4) is 0 Å². The maximum Gasteiger partial charge on any atom is 0.254 e. The van der Waals surface area contributed by atoms with Gasteiger partial charge in [-0.3, -0.25) is 14.4 Å². The van der Waals surface area contributed by atoms with Gasteiger partial charge in [0.2, 0.25) is 11.8 Å². The Morgan fingerprint density at radius 1 is 1.07 bits per heavy atom. The summed E-state index contributed by atoms with van der Waals surface area (Å²) in [4.78, 5) is 45.2. The maximum absolute atomic E-state index is 12.8. The molecule has 0 radical (unpaired) electrons. The van der Waals surface area contributed by atoms with Crippen molar-refractivity contribution in [1.82, 2.24) is 14.8 Å². The summed E-state index contributed by atoms with van der Waals surface area (Å²) in [5.74, 6) is -0.247. The van der Waals surface area contributed by atoms with Gasteiger partial charge >= 0.3 is 0 Å². The molecule has 0 saturated heterocycles. The molecule has 7 nitrogen and oxygen atoms in total. The van der Waals surface area contributed by atoms with Gasteiger partial charge in [0.25, 0.3) is 5.91 Å². The number of hydrogen-bond donors (Lipinski definition) is 1. The molecule has 0 fully saturated rings. The number of thiazole rings is 1. The number of hydrogen-bond acceptors (Lipinski definition) is 5. The summed E-state index contributed by atoms with van der Waals surface area (Å²) in [6.45, 7) is 9.62. The van der Waals surface area contributed by atoms with E-state index in [1.54, 1.807) is 39.4 Å². The number of benzene rings is 1. The highest BCUT2D eigenvalue weighted by Gasteiger charge is 2.20. The van der Waals surface area contributed by atoms with Gasteiger partial charge in [-0.15, -0.1) is 11.3 Å². The van der Waals surface area contributed by atoms with Gasteiger partial charge in [0.15, 0.2) is 5.13 Å². The van der Waals surface area contributed by atoms with E-state index in [9.17, 15) is 14.4 Å². The molecule has 0 saturated carbocycles. The number of carbonyl (C=O) groups is 3. The number of rotatable bonds is 10. The van der Waals surface area contributed by atoms with Crippen LogP contribution in [0.2, 0.25) is 0 Å². The Bertz CT molecular complexity index is 847. The molecule has 2 aromatic rings. The normalized spacial score (nSPS) is 10.7. The van der Waals surface area contributed by atoms with Gasteiger partial charge in [0.05, 0.1) is 12.1 Å². The van der Waals surface area contributed by atoms with Crippen LogP contribution in [0.5, 0.6) is 0 Å². The number of anilines is 1. The lowest BCUT2D eigenvalue weighted by Gasteiger charge is -2.24. The predicted octanol–water partition coefficient (Wildman–Crippen LogP) is 3.29. The van der Waals surface area contributed by atoms with Crippen LogP contribution in [0, 0.1) is 5.92 Å². The Morgan fingerprint density at radius 3 is 2.33 bits per heavy atom. The summed E-state index contributed by atoms with van der Waals surface area (Å²) in [6.07, 6.45) is 0.208. The van der Waals surface area contributed by atoms with Crippen molar-refractivity contribution < 1.29 is 14.4 Å². The van der Waals surface area contributed by atoms with Crippen molar-refractivity contribution in [3.63, 3.8) is 0 Å². The van der Waals surface area contributed by atoms with Crippen molar-refractivity contribution in [2.45, 2.75) is 34.1 Å². The van der Waals surface area contributed by atoms with Crippen LogP contribution < -0.4 is 5.32 Å². The quantitative estimate of drug-likeness (QED) is 0.627. The van der Waals surface area contributed by atoms with E-state index >= 15 is 0 Å². The number of aromatic nitrogens is 1. The number of nitrogens with one attached hydrogen (secondary N) is 1. The summed E-state index contributed by atoms with van der Waals surface area (Å²) in [5.41, 5.74) is 1.18. The van der Waals surface area contributed by atoms with E-state index in [1.165, 1.54) is 11.3 Å². The van der Waals surface area contributed by atoms with Gasteiger partial charge < -0.3 is 15.1 Å². The first-order chi connectivity index (χ1) is 14.3. The molecule has 0 aliphatic rings. The van der Waals surface area contributed by atoms with Gasteiger partial charge in [-0.1, -0.05) is 32.0 Å². The first-order valence-electron chi connectivity index (χ1n) is 10.2. The fourth-order valence-corrected chi connectivity index (χ4v) is 3.77. The third-order valence-electron chi connectivity index (χ3n) is 4.47. The van der Waals surface area contributed by atoms with E-state index in [-0.39, 0.29) is 36.6 Å². The maximum atomic E-state index is 12.8. The smallest absolute Gasteiger partial charge is 0.254 e. The van der Waals surface area contributed by atoms with Crippen molar-refractivity contribution in [2.75, 3.05) is 31.5 Å². The Hall–Kier alpha value is -2.74. The monoisotopic (exact) mass is 430 g/mol. The number of likely N-dealkylation sites (N-methyl/N-ethyl adjacent to an activating group) is 1. The number of carbonyl (C=O) groups excluding carboxylic acids is 3.